The number of nitrogens with two attached hydrogens (primary N) is 1. The van der Waals surface area contributed by atoms with E-state index in [4.69, 9.17) is 17.3 Å². The SMILES string of the molecule is Nc1ncc(Sc2ccc(Cl)cc2)c(N[C@H]2CC[C@H](O)CC2)n1. The molecule has 1 aromatic carbocycles. The first kappa shape index (κ1) is 16.4. The Hall–Kier alpha value is -1.50. The minimum absolute atomic E-state index is 0.175. The highest BCUT2D eigenvalue weighted by Gasteiger charge is 2.21. The van der Waals surface area contributed by atoms with E-state index in [1.165, 1.54) is 0 Å². The largest absolute Gasteiger partial charge is 0.393 e. The summed E-state index contributed by atoms with van der Waals surface area (Å²) >= 11 is 7.49. The van der Waals surface area contributed by atoms with Crippen LogP contribution in [-0.4, -0.2) is 27.2 Å². The van der Waals surface area contributed by atoms with Crippen LogP contribution in [0.3, 0.4) is 0 Å². The average molecular weight is 351 g/mol. The summed E-state index contributed by atoms with van der Waals surface area (Å²) < 4.78 is 0. The number of aliphatic hydroxyl groups excluding tert-OH is 1. The number of hydrogen-bond donors (Lipinski definition) is 3. The van der Waals surface area contributed by atoms with Crippen molar-refractivity contribution in [3.8, 4) is 0 Å². The fourth-order valence-corrected chi connectivity index (χ4v) is 3.56. The molecule has 1 aliphatic rings. The predicted octanol–water partition coefficient (Wildman–Crippen LogP) is 3.58. The quantitative estimate of drug-likeness (QED) is 0.781. The van der Waals surface area contributed by atoms with Gasteiger partial charge in [0.2, 0.25) is 5.95 Å². The molecule has 1 heterocycles. The van der Waals surface area contributed by atoms with Gasteiger partial charge in [0.15, 0.2) is 0 Å². The molecular formula is C16H19ClN4OS. The van der Waals surface area contributed by atoms with E-state index < -0.39 is 0 Å². The number of nitrogen functional groups attached to an aromatic ring is 1. The molecular weight excluding hydrogens is 332 g/mol. The molecule has 0 radical (unpaired) electrons. The second-order valence-electron chi connectivity index (χ2n) is 5.65. The molecule has 0 saturated heterocycles. The van der Waals surface area contributed by atoms with Crippen LogP contribution in [0, 0.1) is 0 Å². The summed E-state index contributed by atoms with van der Waals surface area (Å²) in [5.74, 6) is 1.00. The van der Waals surface area contributed by atoms with E-state index in [9.17, 15) is 5.11 Å². The summed E-state index contributed by atoms with van der Waals surface area (Å²) in [5, 5.41) is 13.8. The molecule has 4 N–H and O–H groups in total. The van der Waals surface area contributed by atoms with Gasteiger partial charge in [0.25, 0.3) is 0 Å². The Bertz CT molecular complexity index is 660. The Balaban J connectivity index is 1.76. The van der Waals surface area contributed by atoms with Crippen LogP contribution in [0.1, 0.15) is 25.7 Å². The Kier molecular flexibility index (Phi) is 5.25. The molecule has 0 amide bonds. The van der Waals surface area contributed by atoms with Crippen molar-refractivity contribution in [2.45, 2.75) is 47.6 Å². The first-order chi connectivity index (χ1) is 11.1. The van der Waals surface area contributed by atoms with E-state index in [2.05, 4.69) is 15.3 Å². The molecule has 0 unspecified atom stereocenters. The summed E-state index contributed by atoms with van der Waals surface area (Å²) in [4.78, 5) is 10.4. The molecule has 1 fully saturated rings. The number of benzene rings is 1. The first-order valence-electron chi connectivity index (χ1n) is 7.60. The van der Waals surface area contributed by atoms with Crippen molar-refractivity contribution in [2.75, 3.05) is 11.1 Å². The zero-order valence-corrected chi connectivity index (χ0v) is 14.1. The van der Waals surface area contributed by atoms with Gasteiger partial charge < -0.3 is 16.2 Å². The second kappa shape index (κ2) is 7.38. The highest BCUT2D eigenvalue weighted by Crippen LogP contribution is 2.34. The standard InChI is InChI=1S/C16H19ClN4OS/c17-10-1-7-13(8-2-10)23-14-9-19-16(18)21-15(14)20-11-3-5-12(22)6-4-11/h1-2,7-9,11-12,22H,3-6H2,(H3,18,19,20,21)/t11-,12-. The van der Waals surface area contributed by atoms with Gasteiger partial charge in [0, 0.05) is 22.2 Å². The fraction of sp³-hybridized carbons (Fsp3) is 0.375. The molecule has 5 nitrogen and oxygen atoms in total. The summed E-state index contributed by atoms with van der Waals surface area (Å²) in [6.07, 6.45) is 5.05. The lowest BCUT2D eigenvalue weighted by molar-refractivity contribution is 0.126. The minimum Gasteiger partial charge on any atom is -0.393 e. The second-order valence-corrected chi connectivity index (χ2v) is 7.20. The van der Waals surface area contributed by atoms with Gasteiger partial charge in [-0.05, 0) is 49.9 Å². The molecule has 1 aliphatic carbocycles. The molecule has 3 rings (SSSR count). The number of hydrogen-bond acceptors (Lipinski definition) is 6. The lowest BCUT2D eigenvalue weighted by atomic mass is 9.93. The fourth-order valence-electron chi connectivity index (χ4n) is 2.61. The highest BCUT2D eigenvalue weighted by molar-refractivity contribution is 7.99. The maximum Gasteiger partial charge on any atom is 0.221 e. The molecule has 0 aliphatic heterocycles. The van der Waals surface area contributed by atoms with E-state index in [0.717, 1.165) is 41.3 Å². The minimum atomic E-state index is -0.175. The van der Waals surface area contributed by atoms with Crippen LogP contribution in [0.4, 0.5) is 11.8 Å². The smallest absolute Gasteiger partial charge is 0.221 e. The van der Waals surface area contributed by atoms with Crippen LogP contribution in [0.2, 0.25) is 5.02 Å². The Morgan fingerprint density at radius 1 is 1.17 bits per heavy atom. The molecule has 122 valence electrons. The van der Waals surface area contributed by atoms with Crippen molar-refractivity contribution in [3.05, 3.63) is 35.5 Å². The third kappa shape index (κ3) is 4.50. The van der Waals surface area contributed by atoms with Crippen molar-refractivity contribution < 1.29 is 5.11 Å². The van der Waals surface area contributed by atoms with E-state index in [1.807, 2.05) is 24.3 Å². The summed E-state index contributed by atoms with van der Waals surface area (Å²) in [6.45, 7) is 0. The van der Waals surface area contributed by atoms with Crippen molar-refractivity contribution in [3.63, 3.8) is 0 Å². The van der Waals surface area contributed by atoms with E-state index in [0.29, 0.717) is 11.1 Å². The van der Waals surface area contributed by atoms with Crippen LogP contribution in [-0.2, 0) is 0 Å². The Labute approximate surface area is 144 Å². The van der Waals surface area contributed by atoms with Crippen LogP contribution >= 0.6 is 23.4 Å². The van der Waals surface area contributed by atoms with Crippen LogP contribution < -0.4 is 11.1 Å². The van der Waals surface area contributed by atoms with Crippen molar-refractivity contribution in [2.24, 2.45) is 0 Å². The zero-order chi connectivity index (χ0) is 16.2. The summed E-state index contributed by atoms with van der Waals surface area (Å²) in [5.41, 5.74) is 5.74. The topological polar surface area (TPSA) is 84.1 Å². The molecule has 0 bridgehead atoms. The molecule has 0 atom stereocenters. The van der Waals surface area contributed by atoms with Crippen molar-refractivity contribution in [1.29, 1.82) is 0 Å². The van der Waals surface area contributed by atoms with Gasteiger partial charge in [-0.3, -0.25) is 0 Å². The van der Waals surface area contributed by atoms with Gasteiger partial charge in [-0.25, -0.2) is 4.98 Å². The molecule has 1 saturated carbocycles. The number of nitrogens with zero attached hydrogens (tertiary/aromatic N) is 2. The Morgan fingerprint density at radius 3 is 2.57 bits per heavy atom. The molecule has 1 aromatic heterocycles. The normalized spacial score (nSPS) is 21.1. The highest BCUT2D eigenvalue weighted by atomic mass is 35.5. The number of halogens is 1. The summed E-state index contributed by atoms with van der Waals surface area (Å²) in [7, 11) is 0. The van der Waals surface area contributed by atoms with E-state index in [-0.39, 0.29) is 12.1 Å². The number of nitrogens with one attached hydrogen (secondary N) is 1. The lowest BCUT2D eigenvalue weighted by Crippen LogP contribution is -2.28. The number of aromatic nitrogens is 2. The molecule has 7 heteroatoms. The van der Waals surface area contributed by atoms with E-state index in [1.54, 1.807) is 18.0 Å². The number of aliphatic hydroxyl groups is 1. The predicted molar refractivity (Wildman–Crippen MR) is 93.9 cm³/mol. The van der Waals surface area contributed by atoms with Gasteiger partial charge in [-0.15, -0.1) is 0 Å². The zero-order valence-electron chi connectivity index (χ0n) is 12.6. The van der Waals surface area contributed by atoms with Gasteiger partial charge in [0.05, 0.1) is 11.0 Å². The van der Waals surface area contributed by atoms with Gasteiger partial charge in [-0.2, -0.15) is 4.98 Å². The average Bonchev–Trinajstić information content (AvgIpc) is 2.54. The Morgan fingerprint density at radius 2 is 1.87 bits per heavy atom. The van der Waals surface area contributed by atoms with Gasteiger partial charge in [-0.1, -0.05) is 23.4 Å². The van der Waals surface area contributed by atoms with Crippen molar-refractivity contribution >= 4 is 35.1 Å². The van der Waals surface area contributed by atoms with Crippen molar-refractivity contribution in [1.82, 2.24) is 9.97 Å². The first-order valence-corrected chi connectivity index (χ1v) is 8.80. The lowest BCUT2D eigenvalue weighted by Gasteiger charge is -2.27. The van der Waals surface area contributed by atoms with Crippen LogP contribution in [0.5, 0.6) is 0 Å². The maximum atomic E-state index is 9.62. The van der Waals surface area contributed by atoms with Crippen LogP contribution in [0.15, 0.2) is 40.3 Å². The maximum absolute atomic E-state index is 9.62. The molecule has 23 heavy (non-hydrogen) atoms. The van der Waals surface area contributed by atoms with Crippen LogP contribution in [0.25, 0.3) is 0 Å². The number of anilines is 2. The number of rotatable bonds is 4. The van der Waals surface area contributed by atoms with E-state index >= 15 is 0 Å². The molecule has 2 aromatic rings. The molecule has 0 spiro atoms. The third-order valence-electron chi connectivity index (χ3n) is 3.85. The van der Waals surface area contributed by atoms with Gasteiger partial charge in [0.1, 0.15) is 5.82 Å². The third-order valence-corrected chi connectivity index (χ3v) is 5.13. The monoisotopic (exact) mass is 350 g/mol. The summed E-state index contributed by atoms with van der Waals surface area (Å²) in [6, 6.07) is 7.95. The van der Waals surface area contributed by atoms with Gasteiger partial charge >= 0.3 is 0 Å².